The predicted molar refractivity (Wildman–Crippen MR) is 74.1 cm³/mol. The van der Waals surface area contributed by atoms with E-state index in [1.54, 1.807) is 0 Å². The maximum absolute atomic E-state index is 6.08. The van der Waals surface area contributed by atoms with E-state index in [0.717, 1.165) is 24.5 Å². The lowest BCUT2D eigenvalue weighted by Gasteiger charge is -2.27. The Labute approximate surface area is 114 Å². The summed E-state index contributed by atoms with van der Waals surface area (Å²) in [5.41, 5.74) is 0.848. The second-order valence-electron chi connectivity index (χ2n) is 5.12. The summed E-state index contributed by atoms with van der Waals surface area (Å²) in [5.74, 6) is 1.46. The van der Waals surface area contributed by atoms with Crippen LogP contribution in [-0.4, -0.2) is 18.1 Å². The van der Waals surface area contributed by atoms with Crippen LogP contribution in [0, 0.1) is 5.92 Å². The van der Waals surface area contributed by atoms with Crippen LogP contribution in [-0.2, 0) is 6.54 Å². The summed E-state index contributed by atoms with van der Waals surface area (Å²) in [6.45, 7) is 2.95. The summed E-state index contributed by atoms with van der Waals surface area (Å²) < 4.78 is 5.97. The summed E-state index contributed by atoms with van der Waals surface area (Å²) in [7, 11) is 1.88. The van der Waals surface area contributed by atoms with Crippen molar-refractivity contribution in [2.75, 3.05) is 7.05 Å². The Morgan fingerprint density at radius 1 is 1.44 bits per heavy atom. The molecule has 0 aromatic carbocycles. The Bertz CT molecular complexity index is 397. The van der Waals surface area contributed by atoms with E-state index in [4.69, 9.17) is 16.3 Å². The van der Waals surface area contributed by atoms with E-state index in [-0.39, 0.29) is 0 Å². The van der Waals surface area contributed by atoms with Gasteiger partial charge >= 0.3 is 0 Å². The van der Waals surface area contributed by atoms with E-state index >= 15 is 0 Å². The fourth-order valence-electron chi connectivity index (χ4n) is 2.48. The number of nitrogens with zero attached hydrogens (tertiary/aromatic N) is 1. The van der Waals surface area contributed by atoms with Crippen molar-refractivity contribution in [3.05, 3.63) is 22.8 Å². The molecule has 18 heavy (non-hydrogen) atoms. The highest BCUT2D eigenvalue weighted by Gasteiger charge is 2.20. The summed E-state index contributed by atoms with van der Waals surface area (Å²) in [5, 5.41) is 3.75. The molecule has 0 radical (unpaired) electrons. The molecule has 1 aromatic rings. The average Bonchev–Trinajstić information content (AvgIpc) is 2.34. The van der Waals surface area contributed by atoms with Gasteiger partial charge in [-0.2, -0.15) is 0 Å². The highest BCUT2D eigenvalue weighted by atomic mass is 35.5. The maximum atomic E-state index is 6.08. The Morgan fingerprint density at radius 2 is 2.28 bits per heavy atom. The minimum Gasteiger partial charge on any atom is -0.474 e. The molecule has 1 aromatic heterocycles. The first-order chi connectivity index (χ1) is 8.69. The van der Waals surface area contributed by atoms with Gasteiger partial charge in [0.05, 0.1) is 10.7 Å². The normalized spacial score (nSPS) is 23.9. The van der Waals surface area contributed by atoms with Crippen molar-refractivity contribution < 1.29 is 4.74 Å². The maximum Gasteiger partial charge on any atom is 0.213 e. The van der Waals surface area contributed by atoms with E-state index in [9.17, 15) is 0 Å². The molecule has 0 saturated heterocycles. The number of ether oxygens (including phenoxy) is 1. The highest BCUT2D eigenvalue weighted by Crippen LogP contribution is 2.27. The standard InChI is InChI=1S/C14H21ClN2O/c1-10-4-3-5-11(8-10)18-14-7-6-12(15)13(17-14)9-16-2/h6-7,10-11,16H,3-5,8-9H2,1-2H3. The van der Waals surface area contributed by atoms with Crippen molar-refractivity contribution in [2.24, 2.45) is 5.92 Å². The Kier molecular flexibility index (Phi) is 4.84. The lowest BCUT2D eigenvalue weighted by atomic mass is 9.89. The van der Waals surface area contributed by atoms with Gasteiger partial charge in [-0.15, -0.1) is 0 Å². The van der Waals surface area contributed by atoms with Crippen molar-refractivity contribution >= 4 is 11.6 Å². The van der Waals surface area contributed by atoms with Crippen molar-refractivity contribution in [3.63, 3.8) is 0 Å². The Hall–Kier alpha value is -0.800. The van der Waals surface area contributed by atoms with Crippen LogP contribution in [0.3, 0.4) is 0 Å². The second kappa shape index (κ2) is 6.39. The molecule has 2 rings (SSSR count). The molecule has 0 amide bonds. The molecule has 0 aliphatic heterocycles. The molecular weight excluding hydrogens is 248 g/mol. The number of hydrogen-bond donors (Lipinski definition) is 1. The minimum absolute atomic E-state index is 0.310. The zero-order chi connectivity index (χ0) is 13.0. The van der Waals surface area contributed by atoms with Gasteiger partial charge in [-0.05, 0) is 38.3 Å². The summed E-state index contributed by atoms with van der Waals surface area (Å²) in [6, 6.07) is 3.73. The van der Waals surface area contributed by atoms with Gasteiger partial charge < -0.3 is 10.1 Å². The monoisotopic (exact) mass is 268 g/mol. The molecule has 4 heteroatoms. The second-order valence-corrected chi connectivity index (χ2v) is 5.53. The van der Waals surface area contributed by atoms with Gasteiger partial charge in [0.2, 0.25) is 5.88 Å². The third-order valence-electron chi connectivity index (χ3n) is 3.41. The van der Waals surface area contributed by atoms with Crippen LogP contribution >= 0.6 is 11.6 Å². The van der Waals surface area contributed by atoms with Gasteiger partial charge in [-0.3, -0.25) is 0 Å². The smallest absolute Gasteiger partial charge is 0.213 e. The van der Waals surface area contributed by atoms with Crippen LogP contribution in [0.4, 0.5) is 0 Å². The van der Waals surface area contributed by atoms with Crippen LogP contribution in [0.25, 0.3) is 0 Å². The van der Waals surface area contributed by atoms with Gasteiger partial charge in [0.15, 0.2) is 0 Å². The van der Waals surface area contributed by atoms with Crippen LogP contribution < -0.4 is 10.1 Å². The van der Waals surface area contributed by atoms with Crippen LogP contribution in [0.1, 0.15) is 38.3 Å². The van der Waals surface area contributed by atoms with Gasteiger partial charge in [0, 0.05) is 12.6 Å². The van der Waals surface area contributed by atoms with Gasteiger partial charge in [0.25, 0.3) is 0 Å². The first-order valence-corrected chi connectivity index (χ1v) is 7.03. The molecule has 1 aliphatic rings. The summed E-state index contributed by atoms with van der Waals surface area (Å²) in [6.07, 6.45) is 5.15. The fourth-order valence-corrected chi connectivity index (χ4v) is 2.65. The average molecular weight is 269 g/mol. The van der Waals surface area contributed by atoms with Gasteiger partial charge in [0.1, 0.15) is 6.10 Å². The van der Waals surface area contributed by atoms with E-state index in [1.165, 1.54) is 12.8 Å². The van der Waals surface area contributed by atoms with E-state index in [1.807, 2.05) is 19.2 Å². The number of hydrogen-bond acceptors (Lipinski definition) is 3. The number of rotatable bonds is 4. The third kappa shape index (κ3) is 3.59. The molecular formula is C14H21ClN2O. The predicted octanol–water partition coefficient (Wildman–Crippen LogP) is 3.41. The molecule has 1 saturated carbocycles. The van der Waals surface area contributed by atoms with E-state index < -0.39 is 0 Å². The zero-order valence-electron chi connectivity index (χ0n) is 11.1. The van der Waals surface area contributed by atoms with Crippen molar-refractivity contribution in [1.29, 1.82) is 0 Å². The minimum atomic E-state index is 0.310. The Balaban J connectivity index is 2.02. The van der Waals surface area contributed by atoms with Crippen LogP contribution in [0.5, 0.6) is 5.88 Å². The SMILES string of the molecule is CNCc1nc(OC2CCCC(C)C2)ccc1Cl. The van der Waals surface area contributed by atoms with Crippen molar-refractivity contribution in [3.8, 4) is 5.88 Å². The molecule has 3 nitrogen and oxygen atoms in total. The number of halogens is 1. The van der Waals surface area contributed by atoms with Gasteiger partial charge in [-0.1, -0.05) is 24.9 Å². The molecule has 2 unspecified atom stereocenters. The molecule has 1 aliphatic carbocycles. The molecule has 2 atom stereocenters. The largest absolute Gasteiger partial charge is 0.474 e. The molecule has 0 spiro atoms. The lowest BCUT2D eigenvalue weighted by molar-refractivity contribution is 0.123. The molecule has 1 N–H and O–H groups in total. The first kappa shape index (κ1) is 13.6. The van der Waals surface area contributed by atoms with Crippen molar-refractivity contribution in [2.45, 2.75) is 45.3 Å². The van der Waals surface area contributed by atoms with Crippen LogP contribution in [0.2, 0.25) is 5.02 Å². The lowest BCUT2D eigenvalue weighted by Crippen LogP contribution is -2.24. The molecule has 0 bridgehead atoms. The van der Waals surface area contributed by atoms with Crippen LogP contribution in [0.15, 0.2) is 12.1 Å². The topological polar surface area (TPSA) is 34.2 Å². The number of aromatic nitrogens is 1. The van der Waals surface area contributed by atoms with E-state index in [0.29, 0.717) is 23.6 Å². The molecule has 100 valence electrons. The van der Waals surface area contributed by atoms with Gasteiger partial charge in [-0.25, -0.2) is 4.98 Å². The Morgan fingerprint density at radius 3 is 3.00 bits per heavy atom. The van der Waals surface area contributed by atoms with Crippen molar-refractivity contribution in [1.82, 2.24) is 10.3 Å². The summed E-state index contributed by atoms with van der Waals surface area (Å²) in [4.78, 5) is 4.46. The third-order valence-corrected chi connectivity index (χ3v) is 3.76. The fraction of sp³-hybridized carbons (Fsp3) is 0.643. The first-order valence-electron chi connectivity index (χ1n) is 6.65. The number of pyridine rings is 1. The molecule has 1 fully saturated rings. The molecule has 1 heterocycles. The highest BCUT2D eigenvalue weighted by molar-refractivity contribution is 6.31. The zero-order valence-corrected chi connectivity index (χ0v) is 11.8. The number of nitrogens with one attached hydrogen (secondary N) is 1. The van der Waals surface area contributed by atoms with E-state index in [2.05, 4.69) is 17.2 Å². The summed E-state index contributed by atoms with van der Waals surface area (Å²) >= 11 is 6.08. The quantitative estimate of drug-likeness (QED) is 0.909.